The van der Waals surface area contributed by atoms with E-state index in [9.17, 15) is 14.7 Å². The Hall–Kier alpha value is -2.08. The van der Waals surface area contributed by atoms with Crippen molar-refractivity contribution in [3.05, 3.63) is 29.3 Å². The van der Waals surface area contributed by atoms with E-state index in [0.717, 1.165) is 0 Å². The average Bonchev–Trinajstić information content (AvgIpc) is 2.78. The Bertz CT molecular complexity index is 499. The van der Waals surface area contributed by atoms with Gasteiger partial charge in [0.2, 0.25) is 0 Å². The van der Waals surface area contributed by atoms with Crippen molar-refractivity contribution in [2.75, 3.05) is 6.54 Å². The summed E-state index contributed by atoms with van der Waals surface area (Å²) < 4.78 is 0. The summed E-state index contributed by atoms with van der Waals surface area (Å²) in [5, 5.41) is 30.2. The molecule has 1 aromatic rings. The fourth-order valence-corrected chi connectivity index (χ4v) is 2.28. The van der Waals surface area contributed by atoms with Crippen molar-refractivity contribution in [3.63, 3.8) is 0 Å². The van der Waals surface area contributed by atoms with Crippen LogP contribution in [0.4, 0.5) is 0 Å². The number of aromatic carboxylic acids is 1. The van der Waals surface area contributed by atoms with Crippen LogP contribution in [0.25, 0.3) is 0 Å². The van der Waals surface area contributed by atoms with Crippen LogP contribution in [-0.4, -0.2) is 39.8 Å². The van der Waals surface area contributed by atoms with Gasteiger partial charge >= 0.3 is 11.9 Å². The van der Waals surface area contributed by atoms with E-state index < -0.39 is 18.0 Å². The summed E-state index contributed by atoms with van der Waals surface area (Å²) in [5.41, 5.74) is 0.408. The number of carbonyl (C=O) groups is 2. The van der Waals surface area contributed by atoms with Gasteiger partial charge in [-0.3, -0.25) is 4.79 Å². The van der Waals surface area contributed by atoms with Crippen LogP contribution in [0.3, 0.4) is 0 Å². The molecule has 4 N–H and O–H groups in total. The summed E-state index contributed by atoms with van der Waals surface area (Å²) in [4.78, 5) is 22.0. The lowest BCUT2D eigenvalue weighted by atomic mass is 9.90. The second-order valence-electron chi connectivity index (χ2n) is 4.25. The van der Waals surface area contributed by atoms with Crippen molar-refractivity contribution in [2.24, 2.45) is 0 Å². The highest BCUT2D eigenvalue weighted by Gasteiger charge is 2.34. The molecule has 1 saturated heterocycles. The van der Waals surface area contributed by atoms with Gasteiger partial charge in [-0.05, 0) is 30.7 Å². The number of carboxylic acid groups (broad SMARTS) is 2. The summed E-state index contributed by atoms with van der Waals surface area (Å²) in [6, 6.07) is 3.48. The Morgan fingerprint density at radius 3 is 2.61 bits per heavy atom. The molecule has 0 saturated carbocycles. The molecule has 1 aliphatic rings. The third-order valence-corrected chi connectivity index (χ3v) is 3.17. The highest BCUT2D eigenvalue weighted by Crippen LogP contribution is 2.31. The number of phenols is 1. The van der Waals surface area contributed by atoms with Gasteiger partial charge in [0.15, 0.2) is 0 Å². The van der Waals surface area contributed by atoms with E-state index in [1.54, 1.807) is 6.07 Å². The Morgan fingerprint density at radius 1 is 1.28 bits per heavy atom. The minimum atomic E-state index is -1.23. The van der Waals surface area contributed by atoms with Gasteiger partial charge in [-0.2, -0.15) is 0 Å². The largest absolute Gasteiger partial charge is 0.507 e. The number of benzene rings is 1. The molecule has 0 unspecified atom stereocenters. The third kappa shape index (κ3) is 2.14. The molecule has 1 aliphatic heterocycles. The summed E-state index contributed by atoms with van der Waals surface area (Å²) >= 11 is 0. The van der Waals surface area contributed by atoms with Crippen LogP contribution < -0.4 is 5.32 Å². The fraction of sp³-hybridized carbons (Fsp3) is 0.333. The smallest absolute Gasteiger partial charge is 0.339 e. The van der Waals surface area contributed by atoms with Crippen molar-refractivity contribution in [1.82, 2.24) is 5.32 Å². The highest BCUT2D eigenvalue weighted by molar-refractivity contribution is 5.91. The van der Waals surface area contributed by atoms with Crippen molar-refractivity contribution in [1.29, 1.82) is 0 Å². The minimum Gasteiger partial charge on any atom is -0.507 e. The molecule has 0 aliphatic carbocycles. The molecule has 1 heterocycles. The second kappa shape index (κ2) is 4.66. The molecule has 1 fully saturated rings. The zero-order valence-corrected chi connectivity index (χ0v) is 9.46. The van der Waals surface area contributed by atoms with Gasteiger partial charge in [0.1, 0.15) is 17.4 Å². The van der Waals surface area contributed by atoms with Crippen LogP contribution in [0.5, 0.6) is 5.75 Å². The monoisotopic (exact) mass is 251 g/mol. The van der Waals surface area contributed by atoms with Crippen LogP contribution in [0.2, 0.25) is 0 Å². The van der Waals surface area contributed by atoms with Crippen molar-refractivity contribution in [2.45, 2.75) is 18.4 Å². The summed E-state index contributed by atoms with van der Waals surface area (Å²) in [6.45, 7) is 0.574. The molecule has 18 heavy (non-hydrogen) atoms. The second-order valence-corrected chi connectivity index (χ2v) is 4.25. The number of aliphatic carboxylic acids is 1. The van der Waals surface area contributed by atoms with E-state index in [2.05, 4.69) is 5.32 Å². The van der Waals surface area contributed by atoms with Gasteiger partial charge in [0, 0.05) is 5.92 Å². The lowest BCUT2D eigenvalue weighted by molar-refractivity contribution is -0.139. The van der Waals surface area contributed by atoms with E-state index >= 15 is 0 Å². The van der Waals surface area contributed by atoms with Crippen LogP contribution in [-0.2, 0) is 4.79 Å². The number of hydrogen-bond donors (Lipinski definition) is 4. The summed E-state index contributed by atoms with van der Waals surface area (Å²) in [6.07, 6.45) is 0.626. The standard InChI is InChI=1S/C12H13NO5/c14-9-2-1-6(5-8(9)11(15)16)7-3-4-13-10(7)12(17)18/h1-2,5,7,10,13-14H,3-4H2,(H,15,16)(H,17,18)/t7-,10+/m1/s1. The van der Waals surface area contributed by atoms with Crippen LogP contribution >= 0.6 is 0 Å². The topological polar surface area (TPSA) is 107 Å². The molecular formula is C12H13NO5. The van der Waals surface area contributed by atoms with Crippen molar-refractivity contribution in [3.8, 4) is 5.75 Å². The van der Waals surface area contributed by atoms with Gasteiger partial charge in [0.25, 0.3) is 0 Å². The zero-order chi connectivity index (χ0) is 13.3. The molecule has 2 rings (SSSR count). The van der Waals surface area contributed by atoms with Gasteiger partial charge in [-0.15, -0.1) is 0 Å². The average molecular weight is 251 g/mol. The molecule has 0 radical (unpaired) electrons. The Labute approximate surface area is 103 Å². The van der Waals surface area contributed by atoms with E-state index in [4.69, 9.17) is 10.2 Å². The predicted octanol–water partition coefficient (Wildman–Crippen LogP) is 0.620. The third-order valence-electron chi connectivity index (χ3n) is 3.17. The maximum Gasteiger partial charge on any atom is 0.339 e. The maximum absolute atomic E-state index is 11.0. The first-order valence-corrected chi connectivity index (χ1v) is 5.53. The maximum atomic E-state index is 11.0. The van der Waals surface area contributed by atoms with Gasteiger partial charge < -0.3 is 20.6 Å². The number of hydrogen-bond acceptors (Lipinski definition) is 4. The molecule has 2 atom stereocenters. The van der Waals surface area contributed by atoms with Crippen molar-refractivity contribution < 1.29 is 24.9 Å². The molecule has 6 nitrogen and oxygen atoms in total. The number of carboxylic acids is 2. The van der Waals surface area contributed by atoms with E-state index in [0.29, 0.717) is 18.5 Å². The fourth-order valence-electron chi connectivity index (χ4n) is 2.28. The molecule has 6 heteroatoms. The molecule has 0 spiro atoms. The molecule has 0 amide bonds. The summed E-state index contributed by atoms with van der Waals surface area (Å²) in [7, 11) is 0. The molecule has 96 valence electrons. The van der Waals surface area contributed by atoms with E-state index in [1.807, 2.05) is 0 Å². The lowest BCUT2D eigenvalue weighted by Crippen LogP contribution is -2.34. The number of aromatic hydroxyl groups is 1. The molecular weight excluding hydrogens is 238 g/mol. The van der Waals surface area contributed by atoms with Crippen LogP contribution in [0.15, 0.2) is 18.2 Å². The van der Waals surface area contributed by atoms with E-state index in [1.165, 1.54) is 12.1 Å². The first kappa shape index (κ1) is 12.4. The predicted molar refractivity (Wildman–Crippen MR) is 61.9 cm³/mol. The number of nitrogens with one attached hydrogen (secondary N) is 1. The number of rotatable bonds is 3. The van der Waals surface area contributed by atoms with Gasteiger partial charge in [-0.25, -0.2) is 4.79 Å². The normalized spacial score (nSPS) is 22.9. The van der Waals surface area contributed by atoms with Crippen LogP contribution in [0, 0.1) is 0 Å². The van der Waals surface area contributed by atoms with Crippen LogP contribution in [0.1, 0.15) is 28.3 Å². The quantitative estimate of drug-likeness (QED) is 0.627. The molecule has 0 aromatic heterocycles. The Morgan fingerprint density at radius 2 is 2.00 bits per heavy atom. The molecule has 0 bridgehead atoms. The zero-order valence-electron chi connectivity index (χ0n) is 9.46. The Kier molecular flexibility index (Phi) is 3.20. The first-order valence-electron chi connectivity index (χ1n) is 5.53. The SMILES string of the molecule is O=C(O)c1cc([C@H]2CCN[C@@H]2C(=O)O)ccc1O. The van der Waals surface area contributed by atoms with Gasteiger partial charge in [0.05, 0.1) is 0 Å². The molecule has 1 aromatic carbocycles. The minimum absolute atomic E-state index is 0.205. The lowest BCUT2D eigenvalue weighted by Gasteiger charge is -2.16. The van der Waals surface area contributed by atoms with Gasteiger partial charge in [-0.1, -0.05) is 6.07 Å². The first-order chi connectivity index (χ1) is 8.50. The van der Waals surface area contributed by atoms with Crippen molar-refractivity contribution >= 4 is 11.9 Å². The Balaban J connectivity index is 2.36. The highest BCUT2D eigenvalue weighted by atomic mass is 16.4. The van der Waals surface area contributed by atoms with E-state index in [-0.39, 0.29) is 17.2 Å². The summed E-state index contributed by atoms with van der Waals surface area (Å²) in [5.74, 6) is -2.78.